The molecule has 0 aliphatic carbocycles. The first-order valence-electron chi connectivity index (χ1n) is 13.6. The summed E-state index contributed by atoms with van der Waals surface area (Å²) in [6.07, 6.45) is -4.50. The highest BCUT2D eigenvalue weighted by molar-refractivity contribution is 6.08. The summed E-state index contributed by atoms with van der Waals surface area (Å²) in [6.45, 7) is 6.30. The van der Waals surface area contributed by atoms with Gasteiger partial charge in [0.25, 0.3) is 11.8 Å². The predicted molar refractivity (Wildman–Crippen MR) is 160 cm³/mol. The summed E-state index contributed by atoms with van der Waals surface area (Å²) in [5, 5.41) is 6.12. The van der Waals surface area contributed by atoms with E-state index in [4.69, 9.17) is 0 Å². The van der Waals surface area contributed by atoms with Gasteiger partial charge in [0.05, 0.1) is 12.1 Å². The number of halogens is 4. The molecule has 0 aliphatic rings. The van der Waals surface area contributed by atoms with Gasteiger partial charge < -0.3 is 15.2 Å². The Balaban J connectivity index is 1.45. The van der Waals surface area contributed by atoms with Gasteiger partial charge in [-0.3, -0.25) is 9.59 Å². The molecule has 43 heavy (non-hydrogen) atoms. The summed E-state index contributed by atoms with van der Waals surface area (Å²) in [6, 6.07) is 24.4. The molecule has 5 nitrogen and oxygen atoms in total. The van der Waals surface area contributed by atoms with Crippen LogP contribution in [-0.4, -0.2) is 16.4 Å². The molecular weight excluding hydrogens is 558 g/mol. The van der Waals surface area contributed by atoms with Gasteiger partial charge in [0, 0.05) is 33.4 Å². The van der Waals surface area contributed by atoms with E-state index in [1.807, 2.05) is 12.1 Å². The minimum absolute atomic E-state index is 0.0256. The topological polar surface area (TPSA) is 63.1 Å². The maximum atomic E-state index is 14.6. The molecule has 220 valence electrons. The summed E-state index contributed by atoms with van der Waals surface area (Å²) in [5.41, 5.74) is 2.49. The zero-order valence-electron chi connectivity index (χ0n) is 23.7. The quantitative estimate of drug-likeness (QED) is 0.195. The number of amides is 2. The number of rotatable bonds is 6. The lowest BCUT2D eigenvalue weighted by atomic mass is 9.87. The number of hydrogen-bond acceptors (Lipinski definition) is 2. The minimum atomic E-state index is -4.50. The second kappa shape index (κ2) is 11.4. The van der Waals surface area contributed by atoms with E-state index in [-0.39, 0.29) is 29.2 Å². The SMILES string of the molecule is CC(C)(C)c1ccc(C(=O)Nc2ccc3c(c2)cc(C(=O)Nc2ccc(C(F)(F)F)cc2)n3Cc2ccccc2F)cc1. The first-order chi connectivity index (χ1) is 20.3. The fraction of sp³-hybridized carbons (Fsp3) is 0.176. The number of anilines is 2. The molecule has 0 saturated carbocycles. The van der Waals surface area contributed by atoms with Crippen molar-refractivity contribution in [2.24, 2.45) is 0 Å². The van der Waals surface area contributed by atoms with Crippen LogP contribution in [0.2, 0.25) is 0 Å². The highest BCUT2D eigenvalue weighted by atomic mass is 19.4. The van der Waals surface area contributed by atoms with Gasteiger partial charge in [-0.15, -0.1) is 0 Å². The smallest absolute Gasteiger partial charge is 0.332 e. The molecule has 0 saturated heterocycles. The number of hydrogen-bond donors (Lipinski definition) is 2. The number of carbonyl (C=O) groups excluding carboxylic acids is 2. The van der Waals surface area contributed by atoms with Crippen LogP contribution in [0.5, 0.6) is 0 Å². The second-order valence-corrected chi connectivity index (χ2v) is 11.3. The van der Waals surface area contributed by atoms with E-state index >= 15 is 0 Å². The van der Waals surface area contributed by atoms with Gasteiger partial charge in [-0.05, 0) is 77.7 Å². The molecule has 5 aromatic rings. The van der Waals surface area contributed by atoms with Gasteiger partial charge in [-0.25, -0.2) is 4.39 Å². The summed E-state index contributed by atoms with van der Waals surface area (Å²) in [7, 11) is 0. The van der Waals surface area contributed by atoms with Crippen LogP contribution in [-0.2, 0) is 18.1 Å². The Kier molecular flexibility index (Phi) is 7.84. The molecule has 9 heteroatoms. The van der Waals surface area contributed by atoms with Gasteiger partial charge in [0.15, 0.2) is 0 Å². The molecule has 0 bridgehead atoms. The fourth-order valence-electron chi connectivity index (χ4n) is 4.77. The van der Waals surface area contributed by atoms with Crippen LogP contribution in [0.25, 0.3) is 10.9 Å². The van der Waals surface area contributed by atoms with Crippen LogP contribution in [0, 0.1) is 5.82 Å². The Morgan fingerprint density at radius 3 is 1.95 bits per heavy atom. The van der Waals surface area contributed by atoms with E-state index in [9.17, 15) is 27.2 Å². The predicted octanol–water partition coefficient (Wildman–Crippen LogP) is 8.65. The van der Waals surface area contributed by atoms with Gasteiger partial charge in [0.1, 0.15) is 11.5 Å². The molecular formula is C34H29F4N3O2. The van der Waals surface area contributed by atoms with Crippen LogP contribution < -0.4 is 10.6 Å². The van der Waals surface area contributed by atoms with Crippen molar-refractivity contribution >= 4 is 34.1 Å². The van der Waals surface area contributed by atoms with Crippen molar-refractivity contribution in [2.75, 3.05) is 10.6 Å². The largest absolute Gasteiger partial charge is 0.416 e. The Labute approximate surface area is 246 Å². The first-order valence-corrected chi connectivity index (χ1v) is 13.6. The molecule has 5 rings (SSSR count). The van der Waals surface area contributed by atoms with Crippen LogP contribution >= 0.6 is 0 Å². The van der Waals surface area contributed by atoms with Crippen molar-refractivity contribution in [3.8, 4) is 0 Å². The molecule has 0 aliphatic heterocycles. The van der Waals surface area contributed by atoms with E-state index in [2.05, 4.69) is 31.4 Å². The van der Waals surface area contributed by atoms with Crippen LogP contribution in [0.15, 0.2) is 97.1 Å². The number of carbonyl (C=O) groups is 2. The third-order valence-corrected chi connectivity index (χ3v) is 7.16. The van der Waals surface area contributed by atoms with Gasteiger partial charge in [-0.2, -0.15) is 13.2 Å². The maximum absolute atomic E-state index is 14.6. The van der Waals surface area contributed by atoms with Crippen LogP contribution in [0.3, 0.4) is 0 Å². The van der Waals surface area contributed by atoms with Crippen molar-refractivity contribution < 1.29 is 27.2 Å². The Hall–Kier alpha value is -4.92. The van der Waals surface area contributed by atoms with Crippen molar-refractivity contribution in [1.29, 1.82) is 0 Å². The lowest BCUT2D eigenvalue weighted by Crippen LogP contribution is -2.18. The molecule has 4 aromatic carbocycles. The maximum Gasteiger partial charge on any atom is 0.416 e. The zero-order chi connectivity index (χ0) is 30.9. The van der Waals surface area contributed by atoms with E-state index in [0.717, 1.165) is 17.7 Å². The Bertz CT molecular complexity index is 1800. The zero-order valence-corrected chi connectivity index (χ0v) is 23.7. The third kappa shape index (κ3) is 6.61. The van der Waals surface area contributed by atoms with Crippen LogP contribution in [0.1, 0.15) is 58.3 Å². The number of alkyl halides is 3. The van der Waals surface area contributed by atoms with E-state index < -0.39 is 23.5 Å². The number of aromatic nitrogens is 1. The van der Waals surface area contributed by atoms with Crippen molar-refractivity contribution in [1.82, 2.24) is 4.57 Å². The highest BCUT2D eigenvalue weighted by Gasteiger charge is 2.30. The monoisotopic (exact) mass is 587 g/mol. The Morgan fingerprint density at radius 1 is 0.721 bits per heavy atom. The molecule has 2 N–H and O–H groups in total. The van der Waals surface area contributed by atoms with E-state index in [0.29, 0.717) is 27.7 Å². The van der Waals surface area contributed by atoms with Crippen LogP contribution in [0.4, 0.5) is 28.9 Å². The molecule has 0 unspecified atom stereocenters. The minimum Gasteiger partial charge on any atom is -0.332 e. The van der Waals surface area contributed by atoms with E-state index in [1.54, 1.807) is 59.2 Å². The number of nitrogens with zero attached hydrogens (tertiary/aromatic N) is 1. The van der Waals surface area contributed by atoms with Gasteiger partial charge in [-0.1, -0.05) is 51.1 Å². The number of benzene rings is 4. The molecule has 0 fully saturated rings. The van der Waals surface area contributed by atoms with Gasteiger partial charge >= 0.3 is 6.18 Å². The molecule has 1 aromatic heterocycles. The highest BCUT2D eigenvalue weighted by Crippen LogP contribution is 2.31. The second-order valence-electron chi connectivity index (χ2n) is 11.3. The number of nitrogens with one attached hydrogen (secondary N) is 2. The summed E-state index contributed by atoms with van der Waals surface area (Å²) >= 11 is 0. The first kappa shape index (κ1) is 29.6. The standard InChI is InChI=1S/C34H29F4N3O2/c1-33(2,3)24-10-8-21(9-11-24)31(42)40-27-16-17-29-23(18-27)19-30(41(29)20-22-6-4-5-7-28(22)35)32(43)39-26-14-12-25(13-15-26)34(36,37)38/h4-19H,20H2,1-3H3,(H,39,43)(H,40,42). The van der Waals surface area contributed by atoms with Crippen molar-refractivity contribution in [2.45, 2.75) is 38.9 Å². The lowest BCUT2D eigenvalue weighted by Gasteiger charge is -2.19. The lowest BCUT2D eigenvalue weighted by molar-refractivity contribution is -0.137. The van der Waals surface area contributed by atoms with Crippen molar-refractivity contribution in [3.63, 3.8) is 0 Å². The average Bonchev–Trinajstić information content (AvgIpc) is 3.31. The molecule has 0 radical (unpaired) electrons. The molecule has 1 heterocycles. The van der Waals surface area contributed by atoms with E-state index in [1.165, 1.54) is 18.2 Å². The summed E-state index contributed by atoms with van der Waals surface area (Å²) < 4.78 is 55.2. The third-order valence-electron chi connectivity index (χ3n) is 7.16. The molecule has 0 atom stereocenters. The fourth-order valence-corrected chi connectivity index (χ4v) is 4.77. The average molecular weight is 588 g/mol. The molecule has 2 amide bonds. The molecule has 0 spiro atoms. The normalized spacial score (nSPS) is 11.9. The summed E-state index contributed by atoms with van der Waals surface area (Å²) in [4.78, 5) is 26.4. The summed E-state index contributed by atoms with van der Waals surface area (Å²) in [5.74, 6) is -1.33. The number of fused-ring (bicyclic) bond motifs is 1. The van der Waals surface area contributed by atoms with Crippen molar-refractivity contribution in [3.05, 3.63) is 131 Å². The Morgan fingerprint density at radius 2 is 1.33 bits per heavy atom. The van der Waals surface area contributed by atoms with Gasteiger partial charge in [0.2, 0.25) is 0 Å².